The van der Waals surface area contributed by atoms with E-state index in [1.165, 1.54) is 27.0 Å². The number of esters is 2. The normalized spacial score (nSPS) is 10.1. The Bertz CT molecular complexity index is 848. The van der Waals surface area contributed by atoms with E-state index in [0.717, 1.165) is 5.39 Å². The third kappa shape index (κ3) is 3.46. The van der Waals surface area contributed by atoms with Crippen molar-refractivity contribution in [3.63, 3.8) is 0 Å². The average Bonchev–Trinajstić information content (AvgIpc) is 2.56. The average molecular weight is 326 g/mol. The van der Waals surface area contributed by atoms with Crippen molar-refractivity contribution in [2.45, 2.75) is 13.8 Å². The van der Waals surface area contributed by atoms with Gasteiger partial charge in [0.1, 0.15) is 5.75 Å². The van der Waals surface area contributed by atoms with Gasteiger partial charge in [-0.2, -0.15) is 0 Å². The fourth-order valence-corrected chi connectivity index (χ4v) is 2.01. The van der Waals surface area contributed by atoms with Gasteiger partial charge in [-0.15, -0.1) is 0 Å². The van der Waals surface area contributed by atoms with Gasteiger partial charge in [0.15, 0.2) is 11.5 Å². The summed E-state index contributed by atoms with van der Waals surface area (Å²) in [6, 6.07) is 8.68. The Balaban J connectivity index is 2.68. The van der Waals surface area contributed by atoms with Gasteiger partial charge in [0.2, 0.25) is 0 Å². The lowest BCUT2D eigenvalue weighted by Gasteiger charge is -2.15. The number of fused-ring (bicyclic) bond motifs is 1. The number of hydrogen-bond donors (Lipinski definition) is 0. The summed E-state index contributed by atoms with van der Waals surface area (Å²) in [6.45, 7) is 10.2. The Morgan fingerprint density at radius 1 is 0.875 bits per heavy atom. The fourth-order valence-electron chi connectivity index (χ4n) is 2.01. The zero-order chi connectivity index (χ0) is 17.9. The molecular weight excluding hydrogens is 308 g/mol. The van der Waals surface area contributed by atoms with Crippen LogP contribution in [0.2, 0.25) is 0 Å². The summed E-state index contributed by atoms with van der Waals surface area (Å²) >= 11 is 0. The van der Waals surface area contributed by atoms with Gasteiger partial charge in [0.25, 0.3) is 0 Å². The van der Waals surface area contributed by atoms with Crippen molar-refractivity contribution in [3.05, 3.63) is 54.6 Å². The summed E-state index contributed by atoms with van der Waals surface area (Å²) in [5, 5.41) is 1.30. The molecule has 0 amide bonds. The molecule has 0 unspecified atom stereocenters. The van der Waals surface area contributed by atoms with Crippen LogP contribution in [0.4, 0.5) is 0 Å². The van der Waals surface area contributed by atoms with Crippen LogP contribution < -0.4 is 14.2 Å². The van der Waals surface area contributed by atoms with Crippen LogP contribution in [-0.4, -0.2) is 19.0 Å². The van der Waals surface area contributed by atoms with Crippen molar-refractivity contribution in [1.29, 1.82) is 0 Å². The molecule has 0 aliphatic rings. The van der Waals surface area contributed by atoms with Gasteiger partial charge in [0, 0.05) is 28.0 Å². The second kappa shape index (κ2) is 7.00. The summed E-state index contributed by atoms with van der Waals surface area (Å²) in [6.07, 6.45) is 0. The maximum absolute atomic E-state index is 12.0. The van der Waals surface area contributed by atoms with Crippen LogP contribution in [0.5, 0.6) is 17.2 Å². The maximum Gasteiger partial charge on any atom is 0.338 e. The molecule has 0 N–H and O–H groups in total. The molecule has 5 heteroatoms. The predicted molar refractivity (Wildman–Crippen MR) is 91.4 cm³/mol. The maximum atomic E-state index is 12.0. The Kier molecular flexibility index (Phi) is 5.04. The van der Waals surface area contributed by atoms with E-state index in [1.54, 1.807) is 12.1 Å². The molecule has 0 aliphatic carbocycles. The predicted octanol–water partition coefficient (Wildman–Crippen LogP) is 3.81. The number of carbonyl (C=O) groups is 2. The molecular formula is C19H18O5. The monoisotopic (exact) mass is 326 g/mol. The van der Waals surface area contributed by atoms with Gasteiger partial charge >= 0.3 is 11.9 Å². The number of benzene rings is 2. The second-order valence-corrected chi connectivity index (χ2v) is 5.29. The summed E-state index contributed by atoms with van der Waals surface area (Å²) in [7, 11) is 1.51. The smallest absolute Gasteiger partial charge is 0.338 e. The van der Waals surface area contributed by atoms with Gasteiger partial charge in [-0.1, -0.05) is 37.4 Å². The molecule has 0 aromatic heterocycles. The molecule has 0 atom stereocenters. The number of methoxy groups -OCH3 is 1. The van der Waals surface area contributed by atoms with Crippen LogP contribution in [0, 0.1) is 0 Å². The second-order valence-electron chi connectivity index (χ2n) is 5.29. The lowest BCUT2D eigenvalue weighted by molar-refractivity contribution is -0.132. The molecule has 0 radical (unpaired) electrons. The van der Waals surface area contributed by atoms with Crippen LogP contribution >= 0.6 is 0 Å². The molecule has 2 aromatic rings. The Hall–Kier alpha value is -3.08. The van der Waals surface area contributed by atoms with Gasteiger partial charge in [-0.25, -0.2) is 9.59 Å². The van der Waals surface area contributed by atoms with Crippen LogP contribution in [0.1, 0.15) is 13.8 Å². The summed E-state index contributed by atoms with van der Waals surface area (Å²) in [4.78, 5) is 23.9. The lowest BCUT2D eigenvalue weighted by Crippen LogP contribution is -2.13. The molecule has 124 valence electrons. The number of hydrogen-bond acceptors (Lipinski definition) is 5. The SMILES string of the molecule is C=C(C)C(=O)Oc1cc(OC)c2ccccc2c1OC(=O)C(=C)C. The number of carbonyl (C=O) groups excluding carboxylic acids is 2. The molecule has 2 rings (SSSR count). The minimum Gasteiger partial charge on any atom is -0.496 e. The lowest BCUT2D eigenvalue weighted by atomic mass is 10.1. The van der Waals surface area contributed by atoms with Crippen molar-refractivity contribution in [3.8, 4) is 17.2 Å². The van der Waals surface area contributed by atoms with Crippen molar-refractivity contribution < 1.29 is 23.8 Å². The van der Waals surface area contributed by atoms with Crippen molar-refractivity contribution in [2.24, 2.45) is 0 Å². The molecule has 2 aromatic carbocycles. The molecule has 0 heterocycles. The molecule has 0 saturated carbocycles. The van der Waals surface area contributed by atoms with Gasteiger partial charge in [0.05, 0.1) is 7.11 Å². The minimum absolute atomic E-state index is 0.0770. The van der Waals surface area contributed by atoms with Crippen LogP contribution in [0.25, 0.3) is 10.8 Å². The van der Waals surface area contributed by atoms with E-state index in [9.17, 15) is 9.59 Å². The molecule has 5 nitrogen and oxygen atoms in total. The number of rotatable bonds is 5. The summed E-state index contributed by atoms with van der Waals surface area (Å²) in [5.74, 6) is -0.537. The van der Waals surface area contributed by atoms with Crippen LogP contribution in [0.15, 0.2) is 54.6 Å². The highest BCUT2D eigenvalue weighted by atomic mass is 16.6. The van der Waals surface area contributed by atoms with Crippen molar-refractivity contribution in [1.82, 2.24) is 0 Å². The Morgan fingerprint density at radius 2 is 1.42 bits per heavy atom. The number of ether oxygens (including phenoxy) is 3. The van der Waals surface area contributed by atoms with E-state index in [0.29, 0.717) is 11.1 Å². The third-order valence-corrected chi connectivity index (χ3v) is 3.24. The first-order chi connectivity index (χ1) is 11.3. The largest absolute Gasteiger partial charge is 0.496 e. The van der Waals surface area contributed by atoms with E-state index in [-0.39, 0.29) is 22.6 Å². The topological polar surface area (TPSA) is 61.8 Å². The van der Waals surface area contributed by atoms with E-state index in [4.69, 9.17) is 14.2 Å². The van der Waals surface area contributed by atoms with Crippen molar-refractivity contribution >= 4 is 22.7 Å². The highest BCUT2D eigenvalue weighted by Crippen LogP contribution is 2.42. The first-order valence-corrected chi connectivity index (χ1v) is 7.20. The molecule has 0 spiro atoms. The highest BCUT2D eigenvalue weighted by molar-refractivity contribution is 6.00. The third-order valence-electron chi connectivity index (χ3n) is 3.24. The van der Waals surface area contributed by atoms with E-state index >= 15 is 0 Å². The summed E-state index contributed by atoms with van der Waals surface area (Å²) < 4.78 is 16.1. The highest BCUT2D eigenvalue weighted by Gasteiger charge is 2.20. The molecule has 0 saturated heterocycles. The molecule has 0 bridgehead atoms. The zero-order valence-corrected chi connectivity index (χ0v) is 13.8. The molecule has 24 heavy (non-hydrogen) atoms. The van der Waals surface area contributed by atoms with E-state index in [1.807, 2.05) is 12.1 Å². The molecule has 0 aliphatic heterocycles. The molecule has 0 fully saturated rings. The van der Waals surface area contributed by atoms with Crippen molar-refractivity contribution in [2.75, 3.05) is 7.11 Å². The standard InChI is InChI=1S/C19H18O5/c1-11(2)18(20)23-16-10-15(22-5)13-8-6-7-9-14(13)17(16)24-19(21)12(3)4/h6-10H,1,3H2,2,4-5H3. The first kappa shape index (κ1) is 17.3. The summed E-state index contributed by atoms with van der Waals surface area (Å²) in [5.41, 5.74) is 0.450. The Labute approximate surface area is 140 Å². The van der Waals surface area contributed by atoms with E-state index < -0.39 is 11.9 Å². The van der Waals surface area contributed by atoms with Gasteiger partial charge in [-0.05, 0) is 13.8 Å². The van der Waals surface area contributed by atoms with Crippen LogP contribution in [-0.2, 0) is 9.59 Å². The quantitative estimate of drug-likeness (QED) is 0.475. The van der Waals surface area contributed by atoms with Crippen LogP contribution in [0.3, 0.4) is 0 Å². The first-order valence-electron chi connectivity index (χ1n) is 7.20. The van der Waals surface area contributed by atoms with Gasteiger partial charge in [-0.3, -0.25) is 0 Å². The Morgan fingerprint density at radius 3 is 1.96 bits per heavy atom. The minimum atomic E-state index is -0.625. The van der Waals surface area contributed by atoms with E-state index in [2.05, 4.69) is 13.2 Å². The van der Waals surface area contributed by atoms with Gasteiger partial charge < -0.3 is 14.2 Å². The zero-order valence-electron chi connectivity index (χ0n) is 13.8. The fraction of sp³-hybridized carbons (Fsp3) is 0.158.